The number of piperidine rings is 1. The van der Waals surface area contributed by atoms with Gasteiger partial charge in [0.05, 0.1) is 12.2 Å². The first-order valence-corrected chi connectivity index (χ1v) is 12.1. The molecule has 0 amide bonds. The zero-order valence-electron chi connectivity index (χ0n) is 20.6. The number of rotatable bonds is 6. The van der Waals surface area contributed by atoms with Crippen LogP contribution in [0.15, 0.2) is 60.2 Å². The normalized spacial score (nSPS) is 19.4. The minimum Gasteiger partial charge on any atom is -0.365 e. The van der Waals surface area contributed by atoms with Crippen molar-refractivity contribution >= 4 is 0 Å². The Morgan fingerprint density at radius 2 is 1.61 bits per heavy atom. The van der Waals surface area contributed by atoms with E-state index in [1.807, 2.05) is 12.1 Å². The van der Waals surface area contributed by atoms with E-state index in [1.165, 1.54) is 16.7 Å². The summed E-state index contributed by atoms with van der Waals surface area (Å²) in [6.07, 6.45) is 5.30. The maximum Gasteiger partial charge on any atom is 0.270 e. The summed E-state index contributed by atoms with van der Waals surface area (Å²) in [5.41, 5.74) is 4.90. The van der Waals surface area contributed by atoms with Crippen LogP contribution in [0.3, 0.4) is 0 Å². The molecule has 4 heteroatoms. The quantitative estimate of drug-likeness (QED) is 0.425. The van der Waals surface area contributed by atoms with Crippen molar-refractivity contribution in [2.45, 2.75) is 83.5 Å². The van der Waals surface area contributed by atoms with Crippen molar-refractivity contribution in [1.82, 2.24) is 4.90 Å². The topological polar surface area (TPSA) is 12.5 Å². The van der Waals surface area contributed by atoms with Crippen molar-refractivity contribution < 1.29 is 13.5 Å². The molecule has 1 spiro atoms. The second-order valence-corrected chi connectivity index (χ2v) is 10.8. The highest BCUT2D eigenvalue weighted by molar-refractivity contribution is 5.36. The highest BCUT2D eigenvalue weighted by Gasteiger charge is 2.43. The lowest BCUT2D eigenvalue weighted by molar-refractivity contribution is -0.0830. The van der Waals surface area contributed by atoms with Gasteiger partial charge < -0.3 is 4.74 Å². The first-order valence-electron chi connectivity index (χ1n) is 12.1. The molecule has 1 saturated heterocycles. The van der Waals surface area contributed by atoms with Crippen LogP contribution in [0.5, 0.6) is 0 Å². The third-order valence-electron chi connectivity index (χ3n) is 7.51. The van der Waals surface area contributed by atoms with Crippen LogP contribution in [0, 0.1) is 0 Å². The Morgan fingerprint density at radius 1 is 1.00 bits per heavy atom. The van der Waals surface area contributed by atoms with E-state index in [1.54, 1.807) is 12.1 Å². The third-order valence-corrected chi connectivity index (χ3v) is 7.51. The number of nitrogens with zero attached hydrogens (tertiary/aromatic N) is 1. The largest absolute Gasteiger partial charge is 0.365 e. The second kappa shape index (κ2) is 8.96. The lowest BCUT2D eigenvalue weighted by atomic mass is 9.77. The monoisotopic (exact) mass is 453 g/mol. The molecule has 1 fully saturated rings. The number of fused-ring (bicyclic) bond motifs is 2. The van der Waals surface area contributed by atoms with Gasteiger partial charge in [0.15, 0.2) is 0 Å². The van der Waals surface area contributed by atoms with Gasteiger partial charge >= 0.3 is 0 Å². The van der Waals surface area contributed by atoms with Gasteiger partial charge in [0.25, 0.3) is 5.92 Å². The molecule has 2 aliphatic rings. The summed E-state index contributed by atoms with van der Waals surface area (Å²) in [6, 6.07) is 15.8. The summed E-state index contributed by atoms with van der Waals surface area (Å²) in [4.78, 5) is 2.58. The average molecular weight is 454 g/mol. The molecule has 178 valence electrons. The summed E-state index contributed by atoms with van der Waals surface area (Å²) in [7, 11) is 0. The van der Waals surface area contributed by atoms with E-state index in [4.69, 9.17) is 4.74 Å². The molecule has 2 aromatic rings. The summed E-state index contributed by atoms with van der Waals surface area (Å²) in [6.45, 7) is 12.4. The van der Waals surface area contributed by atoms with Gasteiger partial charge in [0.2, 0.25) is 0 Å². The van der Waals surface area contributed by atoms with Crippen LogP contribution in [0.2, 0.25) is 0 Å². The Kier molecular flexibility index (Phi) is 6.54. The summed E-state index contributed by atoms with van der Waals surface area (Å²) in [5, 5.41) is 0. The van der Waals surface area contributed by atoms with Gasteiger partial charge in [-0.3, -0.25) is 4.90 Å². The standard InChI is InChI=1S/C29H37F2NO/c1-21(2)18-25(19-27(3,4)23-10-12-24(13-11-23)28(5,30)31)32-16-14-29(15-17-32)26-9-7-6-8-22(26)20-33-29/h6-13,18,25H,14-17,19-20H2,1-5H3. The second-order valence-electron chi connectivity index (χ2n) is 10.8. The highest BCUT2D eigenvalue weighted by Crippen LogP contribution is 2.45. The van der Waals surface area contributed by atoms with E-state index < -0.39 is 5.92 Å². The summed E-state index contributed by atoms with van der Waals surface area (Å²) < 4.78 is 33.7. The molecular formula is C29H37F2NO. The number of hydrogen-bond donors (Lipinski definition) is 0. The van der Waals surface area contributed by atoms with Gasteiger partial charge in [-0.2, -0.15) is 0 Å². The lowest BCUT2D eigenvalue weighted by Crippen LogP contribution is -2.48. The third kappa shape index (κ3) is 5.07. The summed E-state index contributed by atoms with van der Waals surface area (Å²) in [5.74, 6) is -2.81. The SMILES string of the molecule is CC(C)=CC(CC(C)(C)c1ccc(C(C)(F)F)cc1)N1CCC2(CC1)OCc1ccccc12. The predicted molar refractivity (Wildman–Crippen MR) is 131 cm³/mol. The van der Waals surface area contributed by atoms with Crippen LogP contribution in [0.25, 0.3) is 0 Å². The Morgan fingerprint density at radius 3 is 2.21 bits per heavy atom. The molecule has 0 radical (unpaired) electrons. The average Bonchev–Trinajstić information content (AvgIpc) is 3.11. The lowest BCUT2D eigenvalue weighted by Gasteiger charge is -2.44. The van der Waals surface area contributed by atoms with E-state index >= 15 is 0 Å². The van der Waals surface area contributed by atoms with Crippen LogP contribution >= 0.6 is 0 Å². The van der Waals surface area contributed by atoms with E-state index in [9.17, 15) is 8.78 Å². The number of hydrogen-bond acceptors (Lipinski definition) is 2. The molecule has 1 unspecified atom stereocenters. The van der Waals surface area contributed by atoms with Gasteiger partial charge in [-0.15, -0.1) is 0 Å². The Labute approximate surface area is 197 Å². The van der Waals surface area contributed by atoms with Crippen LogP contribution in [-0.2, 0) is 28.3 Å². The molecule has 0 saturated carbocycles. The first kappa shape index (κ1) is 24.1. The van der Waals surface area contributed by atoms with Crippen LogP contribution in [0.1, 0.15) is 76.1 Å². The Balaban J connectivity index is 1.50. The van der Waals surface area contributed by atoms with E-state index in [0.29, 0.717) is 12.6 Å². The molecule has 2 aromatic carbocycles. The van der Waals surface area contributed by atoms with Gasteiger partial charge in [-0.1, -0.05) is 74.0 Å². The molecule has 33 heavy (non-hydrogen) atoms. The molecule has 0 aliphatic carbocycles. The summed E-state index contributed by atoms with van der Waals surface area (Å²) >= 11 is 0. The predicted octanol–water partition coefficient (Wildman–Crippen LogP) is 7.32. The van der Waals surface area contributed by atoms with Gasteiger partial charge in [0.1, 0.15) is 0 Å². The van der Waals surface area contributed by atoms with Crippen molar-refractivity contribution in [2.24, 2.45) is 0 Å². The number of alkyl halides is 2. The highest BCUT2D eigenvalue weighted by atomic mass is 19.3. The van der Waals surface area contributed by atoms with Crippen molar-refractivity contribution in [3.63, 3.8) is 0 Å². The Bertz CT molecular complexity index is 991. The molecular weight excluding hydrogens is 416 g/mol. The number of halogens is 2. The molecule has 2 heterocycles. The molecule has 0 N–H and O–H groups in total. The molecule has 4 rings (SSSR count). The molecule has 1 atom stereocenters. The first-order chi connectivity index (χ1) is 15.5. The van der Waals surface area contributed by atoms with Crippen molar-refractivity contribution in [3.8, 4) is 0 Å². The van der Waals surface area contributed by atoms with E-state index in [-0.39, 0.29) is 16.6 Å². The van der Waals surface area contributed by atoms with Crippen molar-refractivity contribution in [1.29, 1.82) is 0 Å². The van der Waals surface area contributed by atoms with Gasteiger partial charge in [0, 0.05) is 31.6 Å². The molecule has 0 bridgehead atoms. The Hall–Kier alpha value is -2.04. The van der Waals surface area contributed by atoms with Crippen LogP contribution in [-0.4, -0.2) is 24.0 Å². The van der Waals surface area contributed by atoms with E-state index in [0.717, 1.165) is 44.8 Å². The molecule has 2 aliphatic heterocycles. The van der Waals surface area contributed by atoms with Gasteiger partial charge in [-0.05, 0) is 55.2 Å². The fourth-order valence-corrected chi connectivity index (χ4v) is 5.55. The fourth-order valence-electron chi connectivity index (χ4n) is 5.55. The smallest absolute Gasteiger partial charge is 0.270 e. The molecule has 0 aromatic heterocycles. The zero-order chi connectivity index (χ0) is 23.9. The van der Waals surface area contributed by atoms with Crippen LogP contribution in [0.4, 0.5) is 8.78 Å². The number of ether oxygens (including phenoxy) is 1. The minimum atomic E-state index is -2.81. The maximum atomic E-state index is 13.7. The number of allylic oxidation sites excluding steroid dienone is 1. The number of benzene rings is 2. The van der Waals surface area contributed by atoms with Crippen LogP contribution < -0.4 is 0 Å². The fraction of sp³-hybridized carbons (Fsp3) is 0.517. The van der Waals surface area contributed by atoms with E-state index in [2.05, 4.69) is 62.9 Å². The van der Waals surface area contributed by atoms with Gasteiger partial charge in [-0.25, -0.2) is 8.78 Å². The molecule has 2 nitrogen and oxygen atoms in total. The van der Waals surface area contributed by atoms with Crippen molar-refractivity contribution in [3.05, 3.63) is 82.4 Å². The minimum absolute atomic E-state index is 0.0704. The number of likely N-dealkylation sites (tertiary alicyclic amines) is 1. The zero-order valence-corrected chi connectivity index (χ0v) is 20.6. The van der Waals surface area contributed by atoms with Crippen molar-refractivity contribution in [2.75, 3.05) is 13.1 Å². The maximum absolute atomic E-state index is 13.7.